The van der Waals surface area contributed by atoms with Crippen molar-refractivity contribution in [1.29, 1.82) is 0 Å². The van der Waals surface area contributed by atoms with Crippen LogP contribution in [0.4, 0.5) is 0 Å². The van der Waals surface area contributed by atoms with Gasteiger partial charge in [-0.05, 0) is 34.4 Å². The molecular formula is C49H28IrN3. The van der Waals surface area contributed by atoms with Gasteiger partial charge in [0.2, 0.25) is 0 Å². The summed E-state index contributed by atoms with van der Waals surface area (Å²) in [5, 5.41) is 6.80. The summed E-state index contributed by atoms with van der Waals surface area (Å²) in [6, 6.07) is 64.6. The summed E-state index contributed by atoms with van der Waals surface area (Å²) in [5.41, 5.74) is 12.2. The van der Waals surface area contributed by atoms with Gasteiger partial charge in [0, 0.05) is 33.9 Å². The van der Waals surface area contributed by atoms with Crippen LogP contribution in [0.3, 0.4) is 0 Å². The van der Waals surface area contributed by atoms with Crippen molar-refractivity contribution >= 4 is 32.3 Å². The van der Waals surface area contributed by atoms with Crippen LogP contribution >= 0.6 is 0 Å². The van der Waals surface area contributed by atoms with Gasteiger partial charge in [0.1, 0.15) is 0 Å². The molecule has 53 heavy (non-hydrogen) atoms. The molecule has 9 aromatic rings. The third-order valence-electron chi connectivity index (χ3n) is 11.5. The summed E-state index contributed by atoms with van der Waals surface area (Å²) >= 11 is 0. The summed E-state index contributed by atoms with van der Waals surface area (Å²) in [6.07, 6.45) is 0. The molecule has 3 nitrogen and oxygen atoms in total. The number of hydrogen-bond donors (Lipinski definition) is 0. The molecule has 4 aliphatic rings. The molecule has 0 spiro atoms. The fourth-order valence-electron chi connectivity index (χ4n) is 9.21. The molecule has 0 fully saturated rings. The first-order chi connectivity index (χ1) is 25.7. The third kappa shape index (κ3) is 4.53. The Balaban J connectivity index is 0.00000331. The Labute approximate surface area is 320 Å². The Hall–Kier alpha value is -5.80. The van der Waals surface area contributed by atoms with E-state index < -0.39 is 0 Å². The number of fused-ring (bicyclic) bond motifs is 3. The van der Waals surface area contributed by atoms with Gasteiger partial charge in [0.05, 0.1) is 40.1 Å². The average Bonchev–Trinajstić information content (AvgIpc) is 3.18. The van der Waals surface area contributed by atoms with Gasteiger partial charge in [-0.3, -0.25) is 15.0 Å². The molecule has 248 valence electrons. The zero-order chi connectivity index (χ0) is 33.9. The normalized spacial score (nSPS) is 18.8. The quantitative estimate of drug-likeness (QED) is 0.143. The van der Waals surface area contributed by atoms with Crippen molar-refractivity contribution in [3.63, 3.8) is 0 Å². The van der Waals surface area contributed by atoms with Gasteiger partial charge in [-0.15, -0.1) is 0 Å². The van der Waals surface area contributed by atoms with Gasteiger partial charge in [-0.2, -0.15) is 106 Å². The summed E-state index contributed by atoms with van der Waals surface area (Å²) in [6.45, 7) is 0. The Bertz CT molecular complexity index is 2590. The fraction of sp³-hybridized carbons (Fsp3) is 0.0816. The van der Waals surface area contributed by atoms with E-state index in [4.69, 9.17) is 15.0 Å². The van der Waals surface area contributed by atoms with E-state index in [1.165, 1.54) is 0 Å². The molecule has 0 unspecified atom stereocenters. The van der Waals surface area contributed by atoms with Crippen molar-refractivity contribution in [3.8, 4) is 0 Å². The second-order valence-corrected chi connectivity index (χ2v) is 14.4. The van der Waals surface area contributed by atoms with E-state index in [2.05, 4.69) is 164 Å². The number of rotatable bonds is 0. The van der Waals surface area contributed by atoms with E-state index in [-0.39, 0.29) is 43.8 Å². The maximum atomic E-state index is 5.73. The summed E-state index contributed by atoms with van der Waals surface area (Å²) in [5.74, 6) is -0.961. The number of nitrogens with zero attached hydrogens (tertiary/aromatic N) is 3. The predicted octanol–water partition coefficient (Wildman–Crippen LogP) is 10.4. The first-order valence-electron chi connectivity index (χ1n) is 18.0. The topological polar surface area (TPSA) is 38.7 Å². The van der Waals surface area contributed by atoms with Crippen LogP contribution in [0.15, 0.2) is 146 Å². The molecule has 0 saturated carbocycles. The molecule has 0 N–H and O–H groups in total. The molecule has 3 aliphatic heterocycles. The van der Waals surface area contributed by atoms with Gasteiger partial charge in [0.25, 0.3) is 0 Å². The van der Waals surface area contributed by atoms with E-state index in [1.807, 2.05) is 0 Å². The molecule has 0 radical (unpaired) electrons. The van der Waals surface area contributed by atoms with Crippen molar-refractivity contribution in [1.82, 2.24) is 15.0 Å². The van der Waals surface area contributed by atoms with Crippen LogP contribution in [0.2, 0.25) is 0 Å². The molecule has 13 rings (SSSR count). The van der Waals surface area contributed by atoms with Gasteiger partial charge in [0.15, 0.2) is 0 Å². The summed E-state index contributed by atoms with van der Waals surface area (Å²) in [4.78, 5) is 17.2. The first-order valence-corrected chi connectivity index (χ1v) is 18.0. The predicted molar refractivity (Wildman–Crippen MR) is 205 cm³/mol. The number of pyridine rings is 3. The Morgan fingerprint density at radius 3 is 0.906 bits per heavy atom. The van der Waals surface area contributed by atoms with Crippen LogP contribution < -0.4 is 0 Å². The van der Waals surface area contributed by atoms with Crippen molar-refractivity contribution in [3.05, 3.63) is 231 Å². The molecule has 1 aliphatic carbocycles. The van der Waals surface area contributed by atoms with E-state index in [9.17, 15) is 0 Å². The van der Waals surface area contributed by atoms with Crippen molar-refractivity contribution in [2.45, 2.75) is 23.7 Å². The van der Waals surface area contributed by atoms with Crippen LogP contribution in [0.25, 0.3) is 32.3 Å². The van der Waals surface area contributed by atoms with E-state index in [0.717, 1.165) is 99.9 Å². The van der Waals surface area contributed by atoms with Crippen LogP contribution in [0.1, 0.15) is 91.2 Å². The summed E-state index contributed by atoms with van der Waals surface area (Å²) < 4.78 is 0. The minimum atomic E-state index is -0.331. The van der Waals surface area contributed by atoms with E-state index >= 15 is 0 Å². The number of aromatic nitrogens is 3. The van der Waals surface area contributed by atoms with Crippen LogP contribution in [-0.4, -0.2) is 15.0 Å². The standard InChI is InChI=1S/C49H28N3.Ir/c1-4-19-37-28(10-1)25-40-46-41-26-29-11-2-5-20-38(29)48(51-41)44-33-15-7-13-31(22-33)43(47(37)50-40)32-14-8-16-34(23-32)45(36-18-9-17-35(44)24-36)49-39-21-6-3-12-30(39)27-42(46)52-49;/h1-21,25-27,43-46H;/q-3;+3. The zero-order valence-electron chi connectivity index (χ0n) is 28.3. The molecule has 3 aromatic heterocycles. The van der Waals surface area contributed by atoms with Crippen LogP contribution in [0.5, 0.6) is 0 Å². The van der Waals surface area contributed by atoms with Gasteiger partial charge < -0.3 is 0 Å². The minimum absolute atomic E-state index is 0. The third-order valence-corrected chi connectivity index (χ3v) is 11.5. The number of benzene rings is 6. The van der Waals surface area contributed by atoms with Gasteiger partial charge in [-0.1, -0.05) is 72.8 Å². The molecular weight excluding hydrogens is 823 g/mol. The smallest absolute Gasteiger partial charge is 0.255 e. The maximum absolute atomic E-state index is 5.73. The maximum Gasteiger partial charge on any atom is 3.00 e. The molecule has 6 aromatic carbocycles. The summed E-state index contributed by atoms with van der Waals surface area (Å²) in [7, 11) is 0. The Morgan fingerprint density at radius 2 is 0.604 bits per heavy atom. The average molecular weight is 851 g/mol. The molecule has 16 bridgehead atoms. The van der Waals surface area contributed by atoms with Crippen molar-refractivity contribution in [2.24, 2.45) is 0 Å². The SMILES string of the molecule is [Ir+3].[c-]1c2cccc1C1c3[c-]c(ccc3)C3c4[c-]c(ccc4)C2c2nc(cc4ccccc24)C(c2cc4ccccc4c1n2)c1cc2ccccc2c3n1. The zero-order valence-corrected chi connectivity index (χ0v) is 30.7. The van der Waals surface area contributed by atoms with Crippen LogP contribution in [0, 0.1) is 18.2 Å². The largest absolute Gasteiger partial charge is 3.00 e. The molecule has 4 heteroatoms. The Kier molecular flexibility index (Phi) is 6.74. The van der Waals surface area contributed by atoms with E-state index in [0.29, 0.717) is 0 Å². The second kappa shape index (κ2) is 11.6. The monoisotopic (exact) mass is 851 g/mol. The molecule has 6 heterocycles. The Morgan fingerprint density at radius 1 is 0.321 bits per heavy atom. The first kappa shape index (κ1) is 30.8. The van der Waals surface area contributed by atoms with Gasteiger partial charge in [-0.25, -0.2) is 0 Å². The fourth-order valence-corrected chi connectivity index (χ4v) is 9.21. The van der Waals surface area contributed by atoms with Gasteiger partial charge >= 0.3 is 20.1 Å². The van der Waals surface area contributed by atoms with E-state index in [1.54, 1.807) is 0 Å². The molecule has 0 amide bonds. The van der Waals surface area contributed by atoms with Crippen molar-refractivity contribution < 1.29 is 20.1 Å². The minimum Gasteiger partial charge on any atom is -0.255 e. The number of hydrogen-bond acceptors (Lipinski definition) is 3. The second-order valence-electron chi connectivity index (χ2n) is 14.4. The molecule has 0 atom stereocenters. The van der Waals surface area contributed by atoms with Crippen molar-refractivity contribution in [2.75, 3.05) is 0 Å². The molecule has 0 saturated heterocycles. The van der Waals surface area contributed by atoms with Crippen LogP contribution in [-0.2, 0) is 20.1 Å².